The summed E-state index contributed by atoms with van der Waals surface area (Å²) in [6, 6.07) is 2.72. The number of benzene rings is 1. The van der Waals surface area contributed by atoms with Crippen molar-refractivity contribution in [2.75, 3.05) is 6.54 Å². The van der Waals surface area contributed by atoms with Gasteiger partial charge in [-0.3, -0.25) is 0 Å². The van der Waals surface area contributed by atoms with E-state index in [0.717, 1.165) is 15.7 Å². The molecule has 1 unspecified atom stereocenters. The van der Waals surface area contributed by atoms with Crippen LogP contribution in [-0.2, 0) is 0 Å². The van der Waals surface area contributed by atoms with Crippen LogP contribution in [0.2, 0.25) is 0 Å². The van der Waals surface area contributed by atoms with E-state index in [9.17, 15) is 8.78 Å². The number of hydrogen-bond donors (Lipinski definition) is 1. The summed E-state index contributed by atoms with van der Waals surface area (Å²) in [6.45, 7) is 0.862. The Morgan fingerprint density at radius 3 is 2.50 bits per heavy atom. The lowest BCUT2D eigenvalue weighted by Crippen LogP contribution is -1.94. The van der Waals surface area contributed by atoms with Gasteiger partial charge < -0.3 is 5.32 Å². The molecule has 1 atom stereocenters. The van der Waals surface area contributed by atoms with E-state index in [-0.39, 0.29) is 6.04 Å². The zero-order valence-corrected chi connectivity index (χ0v) is 8.23. The third-order valence-corrected chi connectivity index (χ3v) is 2.76. The fraction of sp³-hybridized carbons (Fsp3) is 0.250. The minimum absolute atomic E-state index is 0.229. The second kappa shape index (κ2) is 2.92. The van der Waals surface area contributed by atoms with Gasteiger partial charge in [-0.15, -0.1) is 0 Å². The molecule has 0 aromatic heterocycles. The molecule has 1 heterocycles. The van der Waals surface area contributed by atoms with Gasteiger partial charge in [-0.2, -0.15) is 0 Å². The van der Waals surface area contributed by atoms with Gasteiger partial charge in [0.25, 0.3) is 0 Å². The van der Waals surface area contributed by atoms with Crippen molar-refractivity contribution in [3.05, 3.63) is 32.9 Å². The first-order chi connectivity index (χ1) is 5.68. The van der Waals surface area contributed by atoms with Crippen molar-refractivity contribution in [1.29, 1.82) is 0 Å². The predicted octanol–water partition coefficient (Wildman–Crippen LogP) is 2.21. The number of rotatable bonds is 1. The average molecular weight is 281 g/mol. The quantitative estimate of drug-likeness (QED) is 0.476. The van der Waals surface area contributed by atoms with Crippen molar-refractivity contribution in [2.24, 2.45) is 0 Å². The summed E-state index contributed by atoms with van der Waals surface area (Å²) >= 11 is 2.01. The molecule has 1 saturated heterocycles. The van der Waals surface area contributed by atoms with Crippen LogP contribution in [0.4, 0.5) is 8.78 Å². The summed E-state index contributed by atoms with van der Waals surface area (Å²) in [7, 11) is 0. The fourth-order valence-electron chi connectivity index (χ4n) is 1.08. The topological polar surface area (TPSA) is 21.9 Å². The molecule has 12 heavy (non-hydrogen) atoms. The minimum Gasteiger partial charge on any atom is -0.307 e. The molecule has 1 fully saturated rings. The zero-order valence-electron chi connectivity index (χ0n) is 6.07. The highest BCUT2D eigenvalue weighted by atomic mass is 127. The van der Waals surface area contributed by atoms with Crippen molar-refractivity contribution >= 4 is 22.6 Å². The zero-order chi connectivity index (χ0) is 8.72. The van der Waals surface area contributed by atoms with Gasteiger partial charge in [0.05, 0.1) is 0 Å². The van der Waals surface area contributed by atoms with Crippen LogP contribution >= 0.6 is 22.6 Å². The Bertz CT molecular complexity index is 323. The summed E-state index contributed by atoms with van der Waals surface area (Å²) in [5, 5.41) is 3.04. The van der Waals surface area contributed by atoms with Crippen molar-refractivity contribution in [3.63, 3.8) is 0 Å². The van der Waals surface area contributed by atoms with E-state index in [0.29, 0.717) is 0 Å². The van der Waals surface area contributed by atoms with E-state index < -0.39 is 11.6 Å². The van der Waals surface area contributed by atoms with Gasteiger partial charge in [0.2, 0.25) is 0 Å². The predicted molar refractivity (Wildman–Crippen MR) is 49.8 cm³/mol. The molecular weight excluding hydrogens is 275 g/mol. The van der Waals surface area contributed by atoms with Crippen molar-refractivity contribution in [1.82, 2.24) is 5.32 Å². The maximum Gasteiger partial charge on any atom is 0.159 e. The molecule has 2 rings (SSSR count). The summed E-state index contributed by atoms with van der Waals surface area (Å²) in [6.07, 6.45) is 0. The number of hydrogen-bond acceptors (Lipinski definition) is 1. The first-order valence-electron chi connectivity index (χ1n) is 3.56. The summed E-state index contributed by atoms with van der Waals surface area (Å²) in [4.78, 5) is 0. The van der Waals surface area contributed by atoms with Gasteiger partial charge in [-0.05, 0) is 40.3 Å². The van der Waals surface area contributed by atoms with E-state index in [1.807, 2.05) is 22.6 Å². The van der Waals surface area contributed by atoms with Gasteiger partial charge in [-0.1, -0.05) is 0 Å². The molecule has 0 bridgehead atoms. The third kappa shape index (κ3) is 1.45. The first-order valence-corrected chi connectivity index (χ1v) is 4.64. The monoisotopic (exact) mass is 281 g/mol. The van der Waals surface area contributed by atoms with E-state index in [4.69, 9.17) is 0 Å². The molecule has 1 nitrogen and oxygen atoms in total. The molecule has 1 N–H and O–H groups in total. The second-order valence-electron chi connectivity index (χ2n) is 2.75. The Labute approximate surface area is 82.3 Å². The SMILES string of the molecule is Fc1cc(I)c(C2CN2)cc1F. The lowest BCUT2D eigenvalue weighted by atomic mass is 10.1. The molecule has 0 spiro atoms. The maximum atomic E-state index is 12.7. The smallest absolute Gasteiger partial charge is 0.159 e. The van der Waals surface area contributed by atoms with Crippen LogP contribution in [0, 0.1) is 15.2 Å². The third-order valence-electron chi connectivity index (χ3n) is 1.82. The van der Waals surface area contributed by atoms with Gasteiger partial charge in [-0.25, -0.2) is 8.78 Å². The van der Waals surface area contributed by atoms with E-state index in [2.05, 4.69) is 5.32 Å². The van der Waals surface area contributed by atoms with Crippen LogP contribution in [0.15, 0.2) is 12.1 Å². The summed E-state index contributed by atoms with van der Waals surface area (Å²) < 4.78 is 26.2. The Kier molecular flexibility index (Phi) is 2.04. The van der Waals surface area contributed by atoms with Crippen LogP contribution in [0.3, 0.4) is 0 Å². The molecule has 0 amide bonds. The van der Waals surface area contributed by atoms with E-state index in [1.54, 1.807) is 0 Å². The van der Waals surface area contributed by atoms with Gasteiger partial charge >= 0.3 is 0 Å². The molecule has 1 aliphatic heterocycles. The molecule has 0 saturated carbocycles. The highest BCUT2D eigenvalue weighted by Gasteiger charge is 2.25. The van der Waals surface area contributed by atoms with Gasteiger partial charge in [0, 0.05) is 16.2 Å². The van der Waals surface area contributed by atoms with Crippen LogP contribution in [-0.4, -0.2) is 6.54 Å². The maximum absolute atomic E-state index is 12.7. The highest BCUT2D eigenvalue weighted by Crippen LogP contribution is 2.28. The molecule has 1 aromatic rings. The Morgan fingerprint density at radius 2 is 1.92 bits per heavy atom. The standard InChI is InChI=1S/C8H6F2IN/c9-5-1-4(8-3-12-8)7(11)2-6(5)10/h1-2,8,12H,3H2. The van der Waals surface area contributed by atoms with Crippen LogP contribution in [0.1, 0.15) is 11.6 Å². The van der Waals surface area contributed by atoms with Crippen LogP contribution in [0.5, 0.6) is 0 Å². The Balaban J connectivity index is 2.47. The lowest BCUT2D eigenvalue weighted by molar-refractivity contribution is 0.506. The molecular formula is C8H6F2IN. The molecule has 64 valence electrons. The fourth-order valence-corrected chi connectivity index (χ4v) is 1.89. The van der Waals surface area contributed by atoms with E-state index in [1.165, 1.54) is 12.1 Å². The largest absolute Gasteiger partial charge is 0.307 e. The normalized spacial score (nSPS) is 21.1. The van der Waals surface area contributed by atoms with Crippen LogP contribution in [0.25, 0.3) is 0 Å². The molecule has 0 aliphatic carbocycles. The summed E-state index contributed by atoms with van der Waals surface area (Å²) in [5.74, 6) is -1.54. The first kappa shape index (κ1) is 8.37. The molecule has 4 heteroatoms. The number of halogens is 3. The molecule has 1 aliphatic rings. The second-order valence-corrected chi connectivity index (χ2v) is 3.91. The van der Waals surface area contributed by atoms with E-state index >= 15 is 0 Å². The molecule has 0 radical (unpaired) electrons. The highest BCUT2D eigenvalue weighted by molar-refractivity contribution is 14.1. The average Bonchev–Trinajstić information content (AvgIpc) is 2.79. The van der Waals surface area contributed by atoms with Crippen LogP contribution < -0.4 is 5.32 Å². The van der Waals surface area contributed by atoms with Gasteiger partial charge in [0.1, 0.15) is 0 Å². The minimum atomic E-state index is -0.774. The number of nitrogens with one attached hydrogen (secondary N) is 1. The lowest BCUT2D eigenvalue weighted by Gasteiger charge is -2.01. The van der Waals surface area contributed by atoms with Crippen molar-refractivity contribution < 1.29 is 8.78 Å². The van der Waals surface area contributed by atoms with Gasteiger partial charge in [0.15, 0.2) is 11.6 Å². The van der Waals surface area contributed by atoms with Crippen molar-refractivity contribution in [3.8, 4) is 0 Å². The van der Waals surface area contributed by atoms with Crippen molar-refractivity contribution in [2.45, 2.75) is 6.04 Å². The summed E-state index contributed by atoms with van der Waals surface area (Å²) in [5.41, 5.74) is 0.856. The molecule has 1 aromatic carbocycles. The Morgan fingerprint density at radius 1 is 1.33 bits per heavy atom. The Hall–Kier alpha value is -0.230.